The van der Waals surface area contributed by atoms with Crippen LogP contribution < -0.4 is 0 Å². The number of benzene rings is 4. The van der Waals surface area contributed by atoms with Gasteiger partial charge in [-0.25, -0.2) is 0 Å². The van der Waals surface area contributed by atoms with E-state index in [0.717, 1.165) is 32.3 Å². The van der Waals surface area contributed by atoms with Gasteiger partial charge in [0.2, 0.25) is 0 Å². The van der Waals surface area contributed by atoms with Crippen molar-refractivity contribution in [3.05, 3.63) is 130 Å². The van der Waals surface area contributed by atoms with Crippen molar-refractivity contribution in [2.45, 2.75) is 5.41 Å². The molecule has 0 N–H and O–H groups in total. The van der Waals surface area contributed by atoms with Gasteiger partial charge in [-0.05, 0) is 45.5 Å². The quantitative estimate of drug-likeness (QED) is 0.304. The Hall–Kier alpha value is -2.64. The minimum atomic E-state index is -1.04. The molecule has 0 saturated heterocycles. The lowest BCUT2D eigenvalue weighted by molar-refractivity contribution is 0.768. The van der Waals surface area contributed by atoms with Crippen LogP contribution in [0.15, 0.2) is 107 Å². The third-order valence-electron chi connectivity index (χ3n) is 5.09. The van der Waals surface area contributed by atoms with Gasteiger partial charge in [-0.2, -0.15) is 0 Å². The van der Waals surface area contributed by atoms with Crippen molar-refractivity contribution < 1.29 is 6.85 Å². The first kappa shape index (κ1) is 11.2. The Kier molecular flexibility index (Phi) is 2.56. The smallest absolute Gasteiger partial charge is 0.0622 e. The molecule has 0 amide bonds. The summed E-state index contributed by atoms with van der Waals surface area (Å²) in [6.45, 7) is 0. The molecule has 124 valence electrons. The molecule has 0 bridgehead atoms. The number of fused-ring (bicyclic) bond motifs is 3. The molecule has 0 aromatic heterocycles. The molecule has 1 atom stereocenters. The maximum absolute atomic E-state index is 8.83. The maximum atomic E-state index is 8.83. The van der Waals surface area contributed by atoms with E-state index in [1.165, 1.54) is 0 Å². The Bertz CT molecular complexity index is 1320. The summed E-state index contributed by atoms with van der Waals surface area (Å²) in [5.41, 5.74) is 3.90. The van der Waals surface area contributed by atoms with E-state index in [1.807, 2.05) is 72.8 Å². The van der Waals surface area contributed by atoms with E-state index in [0.29, 0.717) is 0 Å². The van der Waals surface area contributed by atoms with E-state index < -0.39 is 5.41 Å². The fraction of sp³-hybridized carbons (Fsp3) is 0.0400. The summed E-state index contributed by atoms with van der Waals surface area (Å²) >= 11 is 3.59. The molecule has 1 aliphatic rings. The number of rotatable bonds is 2. The molecule has 0 nitrogen and oxygen atoms in total. The molecule has 1 unspecified atom stereocenters. The first-order valence-corrected chi connectivity index (χ1v) is 9.21. The van der Waals surface area contributed by atoms with Crippen LogP contribution in [0.25, 0.3) is 11.1 Å². The first-order chi connectivity index (χ1) is 14.9. The average Bonchev–Trinajstić information content (AvgIpc) is 3.07. The van der Waals surface area contributed by atoms with Crippen LogP contribution in [0.2, 0.25) is 0 Å². The molecule has 0 spiro atoms. The van der Waals surface area contributed by atoms with Gasteiger partial charge in [-0.3, -0.25) is 0 Å². The molecule has 4 aromatic rings. The topological polar surface area (TPSA) is 0 Å². The predicted octanol–water partition coefficient (Wildman–Crippen LogP) is 6.81. The summed E-state index contributed by atoms with van der Waals surface area (Å²) in [4.78, 5) is 0. The first-order valence-electron chi connectivity index (χ1n) is 10.9. The van der Waals surface area contributed by atoms with Gasteiger partial charge in [-0.15, -0.1) is 0 Å². The number of hydrogen-bond acceptors (Lipinski definition) is 0. The van der Waals surface area contributed by atoms with Gasteiger partial charge in [0, 0.05) is 4.47 Å². The fourth-order valence-corrected chi connectivity index (χ4v) is 4.46. The molecule has 1 heteroatoms. The molecule has 0 saturated carbocycles. The minimum Gasteiger partial charge on any atom is -0.0622 e. The lowest BCUT2D eigenvalue weighted by atomic mass is 9.68. The zero-order chi connectivity index (χ0) is 21.9. The van der Waals surface area contributed by atoms with Gasteiger partial charge in [0.05, 0.1) is 12.3 Å². The highest BCUT2D eigenvalue weighted by molar-refractivity contribution is 9.10. The molecular weight excluding hydrogens is 380 g/mol. The molecule has 0 aliphatic heterocycles. The van der Waals surface area contributed by atoms with Crippen LogP contribution in [0.4, 0.5) is 0 Å². The molecule has 1 aliphatic carbocycles. The Labute approximate surface area is 169 Å². The Morgan fingerprint density at radius 2 is 1.35 bits per heavy atom. The van der Waals surface area contributed by atoms with Crippen LogP contribution in [0.3, 0.4) is 0 Å². The predicted molar refractivity (Wildman–Crippen MR) is 111 cm³/mol. The van der Waals surface area contributed by atoms with E-state index in [2.05, 4.69) is 15.9 Å². The Balaban J connectivity index is 2.07. The van der Waals surface area contributed by atoms with E-state index in [1.54, 1.807) is 0 Å². The van der Waals surface area contributed by atoms with Crippen LogP contribution in [0, 0.1) is 0 Å². The lowest BCUT2D eigenvalue weighted by Gasteiger charge is -2.33. The monoisotopic (exact) mass is 401 g/mol. The zero-order valence-corrected chi connectivity index (χ0v) is 15.4. The third kappa shape index (κ3) is 2.07. The second kappa shape index (κ2) is 5.96. The summed E-state index contributed by atoms with van der Waals surface area (Å²) in [5.74, 6) is 0. The van der Waals surface area contributed by atoms with Gasteiger partial charge in [0.1, 0.15) is 0 Å². The molecule has 0 radical (unpaired) electrons. The molecule has 4 aromatic carbocycles. The highest BCUT2D eigenvalue weighted by Crippen LogP contribution is 2.56. The summed E-state index contributed by atoms with van der Waals surface area (Å²) in [7, 11) is 0. The lowest BCUT2D eigenvalue weighted by Crippen LogP contribution is -2.28. The van der Waals surface area contributed by atoms with Gasteiger partial charge in [-0.1, -0.05) is 107 Å². The van der Waals surface area contributed by atoms with Gasteiger partial charge < -0.3 is 0 Å². The fourth-order valence-electron chi connectivity index (χ4n) is 4.10. The van der Waals surface area contributed by atoms with Crippen LogP contribution in [-0.4, -0.2) is 0 Å². The van der Waals surface area contributed by atoms with Crippen LogP contribution in [0.5, 0.6) is 0 Å². The van der Waals surface area contributed by atoms with E-state index in [-0.39, 0.29) is 35.8 Å². The second-order valence-corrected chi connectivity index (χ2v) is 7.27. The molecule has 26 heavy (non-hydrogen) atoms. The summed E-state index contributed by atoms with van der Waals surface area (Å²) in [6.07, 6.45) is 0. The van der Waals surface area contributed by atoms with Crippen molar-refractivity contribution in [1.29, 1.82) is 0 Å². The third-order valence-corrected chi connectivity index (χ3v) is 5.58. The van der Waals surface area contributed by atoms with Crippen molar-refractivity contribution in [2.75, 3.05) is 0 Å². The van der Waals surface area contributed by atoms with Crippen molar-refractivity contribution >= 4 is 15.9 Å². The summed E-state index contributed by atoms with van der Waals surface area (Å²) < 4.78 is 43.3. The SMILES string of the molecule is [2H]c1c([2H])c([2H])c(C2(c3ccccc3)c3ccccc3-c3ccc(Br)cc32)c([2H])c1[2H]. The van der Waals surface area contributed by atoms with Crippen LogP contribution in [0.1, 0.15) is 29.1 Å². The van der Waals surface area contributed by atoms with Gasteiger partial charge >= 0.3 is 0 Å². The minimum absolute atomic E-state index is 0.183. The zero-order valence-electron chi connectivity index (χ0n) is 18.8. The normalized spacial score (nSPS) is 20.3. The highest BCUT2D eigenvalue weighted by Gasteiger charge is 2.45. The number of hydrogen-bond donors (Lipinski definition) is 0. The van der Waals surface area contributed by atoms with Crippen LogP contribution >= 0.6 is 15.9 Å². The Morgan fingerprint density at radius 3 is 2.15 bits per heavy atom. The standard InChI is InChI=1S/C25H17Br/c26-20-15-16-22-21-13-7-8-14-23(21)25(24(22)17-20,18-9-3-1-4-10-18)19-11-5-2-6-12-19/h1-17H/i1D,3D,4D,9D,10D. The van der Waals surface area contributed by atoms with Crippen LogP contribution in [-0.2, 0) is 5.41 Å². The molecule has 0 heterocycles. The second-order valence-electron chi connectivity index (χ2n) is 6.35. The van der Waals surface area contributed by atoms with E-state index >= 15 is 0 Å². The average molecular weight is 402 g/mol. The van der Waals surface area contributed by atoms with Crippen molar-refractivity contribution in [3.63, 3.8) is 0 Å². The van der Waals surface area contributed by atoms with E-state index in [9.17, 15) is 0 Å². The maximum Gasteiger partial charge on any atom is 0.0713 e. The van der Waals surface area contributed by atoms with E-state index in [4.69, 9.17) is 6.85 Å². The molecular formula is C25H17Br. The number of halogens is 1. The largest absolute Gasteiger partial charge is 0.0713 e. The summed E-state index contributed by atoms with van der Waals surface area (Å²) in [5, 5.41) is 0. The molecule has 5 rings (SSSR count). The molecule has 0 fully saturated rings. The van der Waals surface area contributed by atoms with Gasteiger partial charge in [0.15, 0.2) is 0 Å². The highest BCUT2D eigenvalue weighted by atomic mass is 79.9. The summed E-state index contributed by atoms with van der Waals surface area (Å²) in [6, 6.07) is 22.2. The van der Waals surface area contributed by atoms with Gasteiger partial charge in [0.25, 0.3) is 0 Å². The van der Waals surface area contributed by atoms with Crippen molar-refractivity contribution in [3.8, 4) is 11.1 Å². The Morgan fingerprint density at radius 1 is 0.654 bits per heavy atom. The van der Waals surface area contributed by atoms with Crippen molar-refractivity contribution in [2.24, 2.45) is 0 Å². The van der Waals surface area contributed by atoms with Crippen molar-refractivity contribution in [1.82, 2.24) is 0 Å².